The number of aromatic nitrogens is 2. The summed E-state index contributed by atoms with van der Waals surface area (Å²) in [6.45, 7) is 12.7. The lowest BCUT2D eigenvalue weighted by Crippen LogP contribution is -2.38. The Morgan fingerprint density at radius 3 is 2.95 bits per heavy atom. The van der Waals surface area contributed by atoms with Crippen molar-refractivity contribution in [2.75, 3.05) is 30.3 Å². The van der Waals surface area contributed by atoms with E-state index in [1.165, 1.54) is 11.4 Å². The molecule has 0 spiro atoms. The largest absolute Gasteiger partial charge is 0.367 e. The summed E-state index contributed by atoms with van der Waals surface area (Å²) in [6.07, 6.45) is 2.03. The topological polar surface area (TPSA) is 41.1 Å². The Morgan fingerprint density at radius 1 is 1.50 bits per heavy atom. The summed E-state index contributed by atoms with van der Waals surface area (Å²) < 4.78 is 0. The fraction of sp³-hybridized carbons (Fsp3) is 0.733. The average molecular weight is 294 g/mol. The molecule has 0 bridgehead atoms. The molecule has 1 aromatic rings. The first-order chi connectivity index (χ1) is 9.61. The summed E-state index contributed by atoms with van der Waals surface area (Å²) in [6, 6.07) is 0. The first-order valence-electron chi connectivity index (χ1n) is 7.54. The number of nitrogens with one attached hydrogen (secondary N) is 1. The summed E-state index contributed by atoms with van der Waals surface area (Å²) in [7, 11) is 0. The zero-order valence-electron chi connectivity index (χ0n) is 13.0. The molecule has 1 unspecified atom stereocenters. The van der Waals surface area contributed by atoms with Gasteiger partial charge in [-0.25, -0.2) is 9.97 Å². The van der Waals surface area contributed by atoms with Gasteiger partial charge in [0, 0.05) is 36.6 Å². The molecule has 2 heterocycles. The van der Waals surface area contributed by atoms with Gasteiger partial charge in [0.05, 0.1) is 17.6 Å². The summed E-state index contributed by atoms with van der Waals surface area (Å²) in [5.41, 5.74) is 2.35. The van der Waals surface area contributed by atoms with E-state index < -0.39 is 0 Å². The van der Waals surface area contributed by atoms with Crippen LogP contribution in [-0.2, 0) is 6.54 Å². The van der Waals surface area contributed by atoms with Gasteiger partial charge in [0.25, 0.3) is 0 Å². The van der Waals surface area contributed by atoms with Crippen LogP contribution in [0.3, 0.4) is 0 Å². The van der Waals surface area contributed by atoms with Crippen LogP contribution >= 0.6 is 11.8 Å². The second-order valence-corrected chi connectivity index (χ2v) is 7.17. The number of hydrogen-bond donors (Lipinski definition) is 1. The third-order valence-corrected chi connectivity index (χ3v) is 4.64. The van der Waals surface area contributed by atoms with Crippen molar-refractivity contribution in [3.63, 3.8) is 0 Å². The molecule has 20 heavy (non-hydrogen) atoms. The third kappa shape index (κ3) is 3.85. The van der Waals surface area contributed by atoms with Crippen molar-refractivity contribution >= 4 is 17.4 Å². The molecule has 112 valence electrons. The molecule has 1 atom stereocenters. The summed E-state index contributed by atoms with van der Waals surface area (Å²) in [5, 5.41) is 4.08. The molecule has 5 heteroatoms. The Balaban J connectivity index is 2.25. The van der Waals surface area contributed by atoms with Crippen molar-refractivity contribution in [3.05, 3.63) is 17.7 Å². The maximum absolute atomic E-state index is 4.79. The third-order valence-electron chi connectivity index (χ3n) is 3.50. The molecule has 1 aliphatic rings. The first kappa shape index (κ1) is 15.6. The van der Waals surface area contributed by atoms with Gasteiger partial charge in [0.2, 0.25) is 0 Å². The first-order valence-corrected chi connectivity index (χ1v) is 8.59. The highest BCUT2D eigenvalue weighted by molar-refractivity contribution is 8.00. The molecule has 0 amide bonds. The van der Waals surface area contributed by atoms with E-state index in [-0.39, 0.29) is 0 Å². The van der Waals surface area contributed by atoms with E-state index in [4.69, 9.17) is 4.98 Å². The molecular weight excluding hydrogens is 268 g/mol. The molecule has 1 aromatic heterocycles. The van der Waals surface area contributed by atoms with Crippen LogP contribution in [0, 0.1) is 0 Å². The molecule has 1 aliphatic heterocycles. The maximum Gasteiger partial charge on any atom is 0.131 e. The molecule has 1 fully saturated rings. The normalized spacial score (nSPS) is 19.6. The van der Waals surface area contributed by atoms with Crippen molar-refractivity contribution in [1.82, 2.24) is 15.3 Å². The monoisotopic (exact) mass is 294 g/mol. The second-order valence-electron chi connectivity index (χ2n) is 5.62. The van der Waals surface area contributed by atoms with Crippen LogP contribution in [0.2, 0.25) is 0 Å². The molecule has 0 aromatic carbocycles. The second kappa shape index (κ2) is 7.27. The number of thioether (sulfide) groups is 1. The molecule has 0 saturated carbocycles. The molecular formula is C15H26N4S. The Bertz CT molecular complexity index is 436. The zero-order valence-corrected chi connectivity index (χ0v) is 13.8. The summed E-state index contributed by atoms with van der Waals surface area (Å²) in [5.74, 6) is 2.51. The Hall–Kier alpha value is -0.810. The maximum atomic E-state index is 4.79. The molecule has 4 nitrogen and oxygen atoms in total. The van der Waals surface area contributed by atoms with E-state index in [9.17, 15) is 0 Å². The van der Waals surface area contributed by atoms with E-state index in [0.717, 1.165) is 37.7 Å². The van der Waals surface area contributed by atoms with Crippen LogP contribution < -0.4 is 10.2 Å². The van der Waals surface area contributed by atoms with Gasteiger partial charge in [0.15, 0.2) is 0 Å². The fourth-order valence-corrected chi connectivity index (χ4v) is 3.39. The minimum atomic E-state index is 0.375. The molecule has 0 aliphatic carbocycles. The highest BCUT2D eigenvalue weighted by Gasteiger charge is 2.21. The summed E-state index contributed by atoms with van der Waals surface area (Å²) >= 11 is 2.05. The minimum Gasteiger partial charge on any atom is -0.367 e. The van der Waals surface area contributed by atoms with Gasteiger partial charge in [-0.15, -0.1) is 0 Å². The lowest BCUT2D eigenvalue weighted by molar-refractivity contribution is 0.675. The van der Waals surface area contributed by atoms with Gasteiger partial charge >= 0.3 is 0 Å². The van der Waals surface area contributed by atoms with Gasteiger partial charge in [-0.1, -0.05) is 27.7 Å². The average Bonchev–Trinajstić information content (AvgIpc) is 2.44. The summed E-state index contributed by atoms with van der Waals surface area (Å²) in [4.78, 5) is 11.8. The van der Waals surface area contributed by atoms with E-state index in [1.807, 2.05) is 6.20 Å². The van der Waals surface area contributed by atoms with Gasteiger partial charge in [-0.2, -0.15) is 11.8 Å². The van der Waals surface area contributed by atoms with Gasteiger partial charge in [-0.3, -0.25) is 0 Å². The van der Waals surface area contributed by atoms with E-state index in [2.05, 4.69) is 54.7 Å². The smallest absolute Gasteiger partial charge is 0.131 e. The van der Waals surface area contributed by atoms with E-state index in [0.29, 0.717) is 11.2 Å². The fourth-order valence-electron chi connectivity index (χ4n) is 2.38. The van der Waals surface area contributed by atoms with Crippen LogP contribution in [-0.4, -0.2) is 40.6 Å². The van der Waals surface area contributed by atoms with Crippen LogP contribution in [0.15, 0.2) is 6.20 Å². The van der Waals surface area contributed by atoms with Crippen LogP contribution in [0.1, 0.15) is 45.1 Å². The quantitative estimate of drug-likeness (QED) is 0.904. The Labute approximate surface area is 126 Å². The standard InChI is InChI=1S/C15H26N4S/c1-5-16-8-13-14(9-17-15(18-13)11(2)3)19-6-7-20-12(4)10-19/h9,11-12,16H,5-8,10H2,1-4H3. The van der Waals surface area contributed by atoms with Gasteiger partial charge in [-0.05, 0) is 6.54 Å². The van der Waals surface area contributed by atoms with Crippen molar-refractivity contribution in [2.24, 2.45) is 0 Å². The highest BCUT2D eigenvalue weighted by atomic mass is 32.2. The number of hydrogen-bond acceptors (Lipinski definition) is 5. The minimum absolute atomic E-state index is 0.375. The predicted molar refractivity (Wildman–Crippen MR) is 87.6 cm³/mol. The lowest BCUT2D eigenvalue weighted by atomic mass is 10.2. The predicted octanol–water partition coefficient (Wildman–Crippen LogP) is 2.65. The Kier molecular flexibility index (Phi) is 5.66. The SMILES string of the molecule is CCNCc1nc(C(C)C)ncc1N1CCSC(C)C1. The van der Waals surface area contributed by atoms with Crippen LogP contribution in [0.25, 0.3) is 0 Å². The lowest BCUT2D eigenvalue weighted by Gasteiger charge is -2.33. The van der Waals surface area contributed by atoms with E-state index in [1.54, 1.807) is 0 Å². The number of nitrogens with zero attached hydrogens (tertiary/aromatic N) is 3. The molecule has 0 radical (unpaired) electrons. The van der Waals surface area contributed by atoms with Crippen LogP contribution in [0.5, 0.6) is 0 Å². The van der Waals surface area contributed by atoms with Crippen molar-refractivity contribution in [1.29, 1.82) is 0 Å². The number of anilines is 1. The molecule has 2 rings (SSSR count). The molecule has 1 N–H and O–H groups in total. The van der Waals surface area contributed by atoms with Crippen molar-refractivity contribution in [2.45, 2.75) is 45.4 Å². The van der Waals surface area contributed by atoms with Gasteiger partial charge in [0.1, 0.15) is 5.82 Å². The van der Waals surface area contributed by atoms with E-state index >= 15 is 0 Å². The Morgan fingerprint density at radius 2 is 2.30 bits per heavy atom. The highest BCUT2D eigenvalue weighted by Crippen LogP contribution is 2.26. The zero-order chi connectivity index (χ0) is 14.5. The van der Waals surface area contributed by atoms with Crippen molar-refractivity contribution in [3.8, 4) is 0 Å². The number of rotatable bonds is 5. The van der Waals surface area contributed by atoms with Crippen molar-refractivity contribution < 1.29 is 0 Å². The van der Waals surface area contributed by atoms with Crippen LogP contribution in [0.4, 0.5) is 5.69 Å². The van der Waals surface area contributed by atoms with Gasteiger partial charge < -0.3 is 10.2 Å². The molecule has 1 saturated heterocycles.